The minimum absolute atomic E-state index is 0.00333. The van der Waals surface area contributed by atoms with Gasteiger partial charge in [0.05, 0.1) is 0 Å². The molecular weight excluding hydrogens is 490 g/mol. The zero-order chi connectivity index (χ0) is 26.3. The van der Waals surface area contributed by atoms with Crippen LogP contribution in [0.3, 0.4) is 0 Å². The van der Waals surface area contributed by atoms with E-state index in [2.05, 4.69) is 5.16 Å². The number of thioether (sulfide) groups is 1. The molecule has 0 fully saturated rings. The lowest BCUT2D eigenvalue weighted by molar-refractivity contribution is -0.145. The molecule has 0 radical (unpaired) electrons. The first-order valence-electron chi connectivity index (χ1n) is 11.5. The van der Waals surface area contributed by atoms with E-state index >= 15 is 0 Å². The molecule has 0 amide bonds. The van der Waals surface area contributed by atoms with Crippen molar-refractivity contribution in [2.24, 2.45) is 5.16 Å². The minimum atomic E-state index is -0.740. The molecule has 186 valence electrons. The average Bonchev–Trinajstić information content (AvgIpc) is 2.89. The first kappa shape index (κ1) is 27.4. The molecule has 3 rings (SSSR count). The molecule has 0 aromatic heterocycles. The Morgan fingerprint density at radius 3 is 1.94 bits per heavy atom. The van der Waals surface area contributed by atoms with E-state index in [1.807, 2.05) is 73.8 Å². The summed E-state index contributed by atoms with van der Waals surface area (Å²) in [6.45, 7) is 7.21. The third-order valence-electron chi connectivity index (χ3n) is 5.70. The molecule has 0 saturated heterocycles. The van der Waals surface area contributed by atoms with E-state index in [1.165, 1.54) is 23.5 Å². The molecule has 7 heteroatoms. The van der Waals surface area contributed by atoms with E-state index < -0.39 is 10.7 Å². The van der Waals surface area contributed by atoms with Gasteiger partial charge in [-0.3, -0.25) is 9.59 Å². The van der Waals surface area contributed by atoms with Crippen molar-refractivity contribution < 1.29 is 19.2 Å². The second-order valence-corrected chi connectivity index (χ2v) is 11.2. The van der Waals surface area contributed by atoms with Crippen LogP contribution in [0.15, 0.2) is 87.7 Å². The fraction of sp³-hybridized carbons (Fsp3) is 0.241. The smallest absolute Gasteiger partial charge is 0.316 e. The maximum atomic E-state index is 12.9. The van der Waals surface area contributed by atoms with Gasteiger partial charge in [0.1, 0.15) is 10.5 Å². The molecule has 0 aliphatic carbocycles. The van der Waals surface area contributed by atoms with Gasteiger partial charge in [0, 0.05) is 26.5 Å². The SMILES string of the molecule is CC/C(=N\OC(=O)C(C)(C)SC)C(=O)c1ccc(Sc2ccc(C(=O)c3ccccc3C)cc2)cc1. The van der Waals surface area contributed by atoms with Gasteiger partial charge in [0.2, 0.25) is 5.78 Å². The Kier molecular flexibility index (Phi) is 9.29. The summed E-state index contributed by atoms with van der Waals surface area (Å²) in [5, 5.41) is 3.84. The maximum Gasteiger partial charge on any atom is 0.350 e. The van der Waals surface area contributed by atoms with Gasteiger partial charge in [-0.1, -0.05) is 48.1 Å². The summed E-state index contributed by atoms with van der Waals surface area (Å²) in [5.74, 6) is -0.765. The van der Waals surface area contributed by atoms with Crippen molar-refractivity contribution in [2.45, 2.75) is 48.7 Å². The second-order valence-electron chi connectivity index (χ2n) is 8.61. The molecule has 0 unspecified atom stereocenters. The number of nitrogens with zero attached hydrogens (tertiary/aromatic N) is 1. The molecule has 0 spiro atoms. The topological polar surface area (TPSA) is 72.8 Å². The summed E-state index contributed by atoms with van der Waals surface area (Å²) in [6.07, 6.45) is 2.16. The van der Waals surface area contributed by atoms with Crippen LogP contribution < -0.4 is 0 Å². The Hall–Kier alpha value is -3.16. The molecule has 0 N–H and O–H groups in total. The summed E-state index contributed by atoms with van der Waals surface area (Å²) in [7, 11) is 0. The zero-order valence-corrected chi connectivity index (χ0v) is 22.7. The van der Waals surface area contributed by atoms with Crippen molar-refractivity contribution in [3.63, 3.8) is 0 Å². The van der Waals surface area contributed by atoms with E-state index in [-0.39, 0.29) is 17.3 Å². The molecule has 0 atom stereocenters. The monoisotopic (exact) mass is 519 g/mol. The van der Waals surface area contributed by atoms with Gasteiger partial charge in [0.15, 0.2) is 5.78 Å². The predicted octanol–water partition coefficient (Wildman–Crippen LogP) is 7.01. The van der Waals surface area contributed by atoms with Crippen LogP contribution in [0, 0.1) is 6.92 Å². The van der Waals surface area contributed by atoms with E-state index in [1.54, 1.807) is 32.9 Å². The highest BCUT2D eigenvalue weighted by Crippen LogP contribution is 2.29. The van der Waals surface area contributed by atoms with Gasteiger partial charge < -0.3 is 4.84 Å². The van der Waals surface area contributed by atoms with Crippen LogP contribution in [0.4, 0.5) is 0 Å². The van der Waals surface area contributed by atoms with E-state index in [4.69, 9.17) is 4.84 Å². The van der Waals surface area contributed by atoms with E-state index in [0.29, 0.717) is 23.1 Å². The number of carbonyl (C=O) groups excluding carboxylic acids is 3. The lowest BCUT2D eigenvalue weighted by atomic mass is 9.99. The summed E-state index contributed by atoms with van der Waals surface area (Å²) in [5.41, 5.74) is 2.96. The first-order chi connectivity index (χ1) is 17.2. The van der Waals surface area contributed by atoms with Crippen LogP contribution in [0.5, 0.6) is 0 Å². The van der Waals surface area contributed by atoms with Crippen LogP contribution in [0.2, 0.25) is 0 Å². The molecule has 3 aromatic rings. The van der Waals surface area contributed by atoms with Gasteiger partial charge in [-0.25, -0.2) is 4.79 Å². The van der Waals surface area contributed by atoms with Crippen LogP contribution >= 0.6 is 23.5 Å². The lowest BCUT2D eigenvalue weighted by Crippen LogP contribution is -2.29. The van der Waals surface area contributed by atoms with Gasteiger partial charge in [-0.05, 0) is 87.5 Å². The van der Waals surface area contributed by atoms with Gasteiger partial charge in [0.25, 0.3) is 0 Å². The number of aryl methyl sites for hydroxylation is 1. The molecule has 3 aromatic carbocycles. The molecular formula is C29H29NO4S2. The number of benzene rings is 3. The number of carbonyl (C=O) groups is 3. The highest BCUT2D eigenvalue weighted by molar-refractivity contribution is 8.00. The fourth-order valence-electron chi connectivity index (χ4n) is 3.19. The van der Waals surface area contributed by atoms with Gasteiger partial charge in [-0.15, -0.1) is 11.8 Å². The molecule has 0 bridgehead atoms. The number of oxime groups is 1. The highest BCUT2D eigenvalue weighted by Gasteiger charge is 2.29. The minimum Gasteiger partial charge on any atom is -0.316 e. The van der Waals surface area contributed by atoms with Crippen molar-refractivity contribution in [3.05, 3.63) is 95.1 Å². The summed E-state index contributed by atoms with van der Waals surface area (Å²) in [4.78, 5) is 44.8. The van der Waals surface area contributed by atoms with E-state index in [9.17, 15) is 14.4 Å². The first-order valence-corrected chi connectivity index (χ1v) is 13.6. The third kappa shape index (κ3) is 6.74. The van der Waals surface area contributed by atoms with Gasteiger partial charge in [-0.2, -0.15) is 0 Å². The van der Waals surface area contributed by atoms with Crippen LogP contribution in [-0.2, 0) is 9.63 Å². The molecule has 0 aliphatic heterocycles. The Morgan fingerprint density at radius 2 is 1.42 bits per heavy atom. The molecule has 0 aliphatic rings. The number of hydrogen-bond acceptors (Lipinski definition) is 7. The largest absolute Gasteiger partial charge is 0.350 e. The molecule has 0 heterocycles. The van der Waals surface area contributed by atoms with Crippen LogP contribution in [0.1, 0.15) is 59.0 Å². The Bertz CT molecular complexity index is 1280. The van der Waals surface area contributed by atoms with Crippen molar-refractivity contribution in [2.75, 3.05) is 6.26 Å². The fourth-order valence-corrected chi connectivity index (χ4v) is 4.21. The molecule has 36 heavy (non-hydrogen) atoms. The molecule has 5 nitrogen and oxygen atoms in total. The quantitative estimate of drug-likeness (QED) is 0.124. The van der Waals surface area contributed by atoms with Crippen molar-refractivity contribution in [3.8, 4) is 0 Å². The van der Waals surface area contributed by atoms with Crippen LogP contribution in [-0.4, -0.2) is 34.3 Å². The average molecular weight is 520 g/mol. The maximum absolute atomic E-state index is 12.9. The van der Waals surface area contributed by atoms with Crippen LogP contribution in [0.25, 0.3) is 0 Å². The predicted molar refractivity (Wildman–Crippen MR) is 147 cm³/mol. The number of Topliss-reactive ketones (excluding diaryl/α,β-unsaturated/α-hetero) is 1. The number of ketones is 2. The second kappa shape index (κ2) is 12.2. The summed E-state index contributed by atoms with van der Waals surface area (Å²) < 4.78 is -0.740. The Labute approximate surface area is 220 Å². The summed E-state index contributed by atoms with van der Waals surface area (Å²) >= 11 is 2.89. The lowest BCUT2D eigenvalue weighted by Gasteiger charge is -2.17. The normalized spacial score (nSPS) is 11.8. The summed E-state index contributed by atoms with van der Waals surface area (Å²) in [6, 6.07) is 22.3. The van der Waals surface area contributed by atoms with E-state index in [0.717, 1.165) is 15.4 Å². The number of rotatable bonds is 10. The van der Waals surface area contributed by atoms with Crippen molar-refractivity contribution in [1.82, 2.24) is 0 Å². The Balaban J connectivity index is 1.66. The van der Waals surface area contributed by atoms with Crippen molar-refractivity contribution in [1.29, 1.82) is 0 Å². The Morgan fingerprint density at radius 1 is 0.861 bits per heavy atom. The zero-order valence-electron chi connectivity index (χ0n) is 21.0. The molecule has 0 saturated carbocycles. The third-order valence-corrected chi connectivity index (χ3v) is 7.90. The highest BCUT2D eigenvalue weighted by atomic mass is 32.2. The van der Waals surface area contributed by atoms with Crippen molar-refractivity contribution >= 4 is 46.8 Å². The number of hydrogen-bond donors (Lipinski definition) is 0. The van der Waals surface area contributed by atoms with Gasteiger partial charge >= 0.3 is 5.97 Å². The standard InChI is InChI=1S/C29H29NO4S2/c1-6-25(30-34-28(33)29(3,4)35-5)27(32)21-13-17-23(18-14-21)36-22-15-11-20(12-16-22)26(31)24-10-8-7-9-19(24)2/h7-18H,6H2,1-5H3/b30-25+.